The molecule has 0 saturated heterocycles. The summed E-state index contributed by atoms with van der Waals surface area (Å²) < 4.78 is 17.0. The van der Waals surface area contributed by atoms with Crippen LogP contribution in [0.3, 0.4) is 0 Å². The molecule has 1 unspecified atom stereocenters. The maximum Gasteiger partial charge on any atom is 0.306 e. The number of esters is 3. The lowest BCUT2D eigenvalue weighted by Gasteiger charge is -2.18. The minimum absolute atomic E-state index is 0.0707. The van der Waals surface area contributed by atoms with E-state index in [1.807, 2.05) is 0 Å². The Morgan fingerprint density at radius 3 is 0.704 bits per heavy atom. The highest BCUT2D eigenvalue weighted by Gasteiger charge is 2.19. The Morgan fingerprint density at radius 1 is 0.247 bits per heavy atom. The van der Waals surface area contributed by atoms with Gasteiger partial charge in [-0.3, -0.25) is 14.4 Å². The molecule has 0 aromatic rings. The Balaban J connectivity index is 4.18. The van der Waals surface area contributed by atoms with Gasteiger partial charge in [0.1, 0.15) is 13.2 Å². The maximum absolute atomic E-state index is 12.9. The fourth-order valence-corrected chi connectivity index (χ4v) is 10.9. The standard InChI is InChI=1S/C75H138O6/c1-4-7-10-13-16-19-22-25-28-30-31-32-33-34-35-36-37-38-39-40-41-42-43-45-47-50-53-56-59-62-65-68-74(77)80-71-72(70-79-73(76)67-64-61-58-55-52-49-46-27-24-21-18-15-12-9-6-3)81-75(78)69-66-63-60-57-54-51-48-44-29-26-23-20-17-14-11-8-5-2/h17,20,22,25-26,29-31,72H,4-16,18-19,21,23-24,27-28,32-71H2,1-3H3/b20-17-,25-22-,29-26-,31-30-. The van der Waals surface area contributed by atoms with Crippen LogP contribution in [0, 0.1) is 0 Å². The van der Waals surface area contributed by atoms with Gasteiger partial charge in [0, 0.05) is 19.3 Å². The third kappa shape index (κ3) is 68.0. The molecule has 0 saturated carbocycles. The highest BCUT2D eigenvalue weighted by molar-refractivity contribution is 5.71. The zero-order valence-electron chi connectivity index (χ0n) is 54.6. The van der Waals surface area contributed by atoms with E-state index in [-0.39, 0.29) is 31.1 Å². The monoisotopic (exact) mass is 1140 g/mol. The minimum atomic E-state index is -0.775. The van der Waals surface area contributed by atoms with Crippen molar-refractivity contribution < 1.29 is 28.6 Å². The number of ether oxygens (including phenoxy) is 3. The molecule has 0 radical (unpaired) electrons. The maximum atomic E-state index is 12.9. The van der Waals surface area contributed by atoms with Crippen LogP contribution in [0.25, 0.3) is 0 Å². The second kappa shape index (κ2) is 69.9. The van der Waals surface area contributed by atoms with Gasteiger partial charge in [-0.2, -0.15) is 0 Å². The predicted octanol–water partition coefficient (Wildman–Crippen LogP) is 24.9. The van der Waals surface area contributed by atoms with E-state index in [0.29, 0.717) is 19.3 Å². The molecule has 0 fully saturated rings. The van der Waals surface area contributed by atoms with Crippen LogP contribution in [0.15, 0.2) is 48.6 Å². The molecule has 0 aromatic heterocycles. The summed E-state index contributed by atoms with van der Waals surface area (Å²) in [5, 5.41) is 0. The molecular weight excluding hydrogens is 997 g/mol. The average Bonchev–Trinajstić information content (AvgIpc) is 3.47. The van der Waals surface area contributed by atoms with Gasteiger partial charge in [0.2, 0.25) is 0 Å². The average molecular weight is 1140 g/mol. The summed E-state index contributed by atoms with van der Waals surface area (Å²) in [7, 11) is 0. The Morgan fingerprint density at radius 2 is 0.444 bits per heavy atom. The van der Waals surface area contributed by atoms with Crippen LogP contribution in [0.1, 0.15) is 393 Å². The molecule has 0 heterocycles. The molecule has 0 bridgehead atoms. The number of hydrogen-bond donors (Lipinski definition) is 0. The zero-order chi connectivity index (χ0) is 58.5. The van der Waals surface area contributed by atoms with Crippen molar-refractivity contribution in [2.75, 3.05) is 13.2 Å². The van der Waals surface area contributed by atoms with Crippen molar-refractivity contribution in [2.24, 2.45) is 0 Å². The lowest BCUT2D eigenvalue weighted by Crippen LogP contribution is -2.30. The molecule has 6 nitrogen and oxygen atoms in total. The molecule has 0 aliphatic rings. The van der Waals surface area contributed by atoms with Crippen LogP contribution in [-0.4, -0.2) is 37.2 Å². The summed E-state index contributed by atoms with van der Waals surface area (Å²) in [4.78, 5) is 38.4. The number of carbonyl (C=O) groups excluding carboxylic acids is 3. The van der Waals surface area contributed by atoms with Gasteiger partial charge in [0.15, 0.2) is 6.10 Å². The van der Waals surface area contributed by atoms with Gasteiger partial charge in [-0.1, -0.05) is 339 Å². The second-order valence-corrected chi connectivity index (χ2v) is 24.5. The summed E-state index contributed by atoms with van der Waals surface area (Å²) >= 11 is 0. The summed E-state index contributed by atoms with van der Waals surface area (Å²) in [6.07, 6.45) is 88.6. The Hall–Kier alpha value is -2.63. The van der Waals surface area contributed by atoms with Gasteiger partial charge in [-0.05, 0) is 83.5 Å². The molecule has 1 atom stereocenters. The number of unbranched alkanes of at least 4 members (excludes halogenated alkanes) is 48. The molecule has 0 N–H and O–H groups in total. The van der Waals surface area contributed by atoms with Gasteiger partial charge in [0.25, 0.3) is 0 Å². The topological polar surface area (TPSA) is 78.9 Å². The fraction of sp³-hybridized carbons (Fsp3) is 0.853. The molecule has 81 heavy (non-hydrogen) atoms. The van der Waals surface area contributed by atoms with E-state index >= 15 is 0 Å². The molecule has 0 amide bonds. The van der Waals surface area contributed by atoms with Gasteiger partial charge in [0.05, 0.1) is 0 Å². The number of carbonyl (C=O) groups is 3. The van der Waals surface area contributed by atoms with Crippen molar-refractivity contribution in [1.82, 2.24) is 0 Å². The predicted molar refractivity (Wildman–Crippen MR) is 353 cm³/mol. The number of allylic oxidation sites excluding steroid dienone is 8. The first-order valence-electron chi connectivity index (χ1n) is 36.1. The Labute approximate surface area is 505 Å². The lowest BCUT2D eigenvalue weighted by molar-refractivity contribution is -0.167. The first-order valence-corrected chi connectivity index (χ1v) is 36.1. The summed E-state index contributed by atoms with van der Waals surface area (Å²) in [5.41, 5.74) is 0. The Bertz CT molecular complexity index is 1400. The van der Waals surface area contributed by atoms with Crippen LogP contribution in [0.4, 0.5) is 0 Å². The van der Waals surface area contributed by atoms with E-state index in [2.05, 4.69) is 69.4 Å². The normalized spacial score (nSPS) is 12.3. The summed E-state index contributed by atoms with van der Waals surface area (Å²) in [6, 6.07) is 0. The third-order valence-electron chi connectivity index (χ3n) is 16.3. The molecule has 0 aliphatic carbocycles. The first-order chi connectivity index (χ1) is 40.0. The van der Waals surface area contributed by atoms with E-state index in [9.17, 15) is 14.4 Å². The zero-order valence-corrected chi connectivity index (χ0v) is 54.6. The van der Waals surface area contributed by atoms with Crippen molar-refractivity contribution in [3.05, 3.63) is 48.6 Å². The summed E-state index contributed by atoms with van der Waals surface area (Å²) in [5.74, 6) is -0.850. The molecule has 0 aromatic carbocycles. The van der Waals surface area contributed by atoms with E-state index in [4.69, 9.17) is 14.2 Å². The molecule has 474 valence electrons. The van der Waals surface area contributed by atoms with Gasteiger partial charge < -0.3 is 14.2 Å². The quantitative estimate of drug-likeness (QED) is 0.0261. The highest BCUT2D eigenvalue weighted by atomic mass is 16.6. The van der Waals surface area contributed by atoms with E-state index in [1.54, 1.807) is 0 Å². The highest BCUT2D eigenvalue weighted by Crippen LogP contribution is 2.18. The largest absolute Gasteiger partial charge is 0.462 e. The van der Waals surface area contributed by atoms with Crippen LogP contribution >= 0.6 is 0 Å². The van der Waals surface area contributed by atoms with Crippen molar-refractivity contribution in [1.29, 1.82) is 0 Å². The molecule has 0 spiro atoms. The first kappa shape index (κ1) is 78.4. The van der Waals surface area contributed by atoms with Crippen LogP contribution in [0.2, 0.25) is 0 Å². The van der Waals surface area contributed by atoms with Crippen LogP contribution in [-0.2, 0) is 28.6 Å². The van der Waals surface area contributed by atoms with Crippen molar-refractivity contribution >= 4 is 17.9 Å². The Kier molecular flexibility index (Phi) is 67.6. The fourth-order valence-electron chi connectivity index (χ4n) is 10.9. The van der Waals surface area contributed by atoms with E-state index < -0.39 is 6.10 Å². The molecule has 6 heteroatoms. The molecule has 0 aliphatic heterocycles. The smallest absolute Gasteiger partial charge is 0.306 e. The van der Waals surface area contributed by atoms with Gasteiger partial charge >= 0.3 is 17.9 Å². The van der Waals surface area contributed by atoms with Crippen LogP contribution < -0.4 is 0 Å². The minimum Gasteiger partial charge on any atom is -0.462 e. The van der Waals surface area contributed by atoms with Gasteiger partial charge in [-0.25, -0.2) is 0 Å². The van der Waals surface area contributed by atoms with E-state index in [1.165, 1.54) is 276 Å². The van der Waals surface area contributed by atoms with Crippen LogP contribution in [0.5, 0.6) is 0 Å². The van der Waals surface area contributed by atoms with Crippen molar-refractivity contribution in [3.63, 3.8) is 0 Å². The van der Waals surface area contributed by atoms with Gasteiger partial charge in [-0.15, -0.1) is 0 Å². The second-order valence-electron chi connectivity index (χ2n) is 24.5. The van der Waals surface area contributed by atoms with E-state index in [0.717, 1.165) is 77.0 Å². The lowest BCUT2D eigenvalue weighted by atomic mass is 10.0. The number of hydrogen-bond acceptors (Lipinski definition) is 6. The molecular formula is C75H138O6. The number of rotatable bonds is 67. The SMILES string of the molecule is CCCCC/C=C\C/C=C\CCCCCCCCCC(=O)OC(COC(=O)CCCCCCCCCCCCCCCCC)COC(=O)CCCCCCCCCCCCCCCCCCCCC/C=C\C/C=C\CCCCCCC. The summed E-state index contributed by atoms with van der Waals surface area (Å²) in [6.45, 7) is 6.67. The van der Waals surface area contributed by atoms with Crippen molar-refractivity contribution in [3.8, 4) is 0 Å². The molecule has 0 rings (SSSR count). The van der Waals surface area contributed by atoms with Crippen molar-refractivity contribution in [2.45, 2.75) is 399 Å². The third-order valence-corrected chi connectivity index (χ3v) is 16.3.